The minimum atomic E-state index is -0.683. The summed E-state index contributed by atoms with van der Waals surface area (Å²) < 4.78 is 5.46. The van der Waals surface area contributed by atoms with Gasteiger partial charge in [0.1, 0.15) is 0 Å². The highest BCUT2D eigenvalue weighted by molar-refractivity contribution is 5.76. The number of hydrogen-bond donors (Lipinski definition) is 3. The first-order valence-electron chi connectivity index (χ1n) is 28.2. The topological polar surface area (TPSA) is 95.9 Å². The number of amides is 1. The van der Waals surface area contributed by atoms with Crippen LogP contribution < -0.4 is 5.32 Å². The van der Waals surface area contributed by atoms with Crippen molar-refractivity contribution in [3.05, 3.63) is 36.5 Å². The average molecular weight is 901 g/mol. The van der Waals surface area contributed by atoms with Gasteiger partial charge in [-0.15, -0.1) is 0 Å². The Morgan fingerprint density at radius 2 is 0.781 bits per heavy atom. The Kier molecular flexibility index (Phi) is 52.1. The van der Waals surface area contributed by atoms with Crippen LogP contribution in [0.4, 0.5) is 0 Å². The SMILES string of the molecule is CCCCCC/C=C\C/C=C\CCCCCCCC(=O)OCCCCCCCC/C=C\CCCCCC(=O)NC(CO)C(O)CCCCCCCCCCCCCCCCCCCC. The number of aliphatic hydroxyl groups excluding tert-OH is 2. The number of unbranched alkanes of at least 4 members (excludes halogenated alkanes) is 35. The third-order valence-electron chi connectivity index (χ3n) is 12.9. The van der Waals surface area contributed by atoms with Crippen LogP contribution in [-0.2, 0) is 14.3 Å². The van der Waals surface area contributed by atoms with Gasteiger partial charge in [-0.2, -0.15) is 0 Å². The molecular formula is C58H109NO5. The number of esters is 1. The summed E-state index contributed by atoms with van der Waals surface area (Å²) in [5.74, 6) is -0.0904. The van der Waals surface area contributed by atoms with Gasteiger partial charge in [0.2, 0.25) is 5.91 Å². The molecule has 0 heterocycles. The number of aliphatic hydroxyl groups is 2. The molecular weight excluding hydrogens is 791 g/mol. The van der Waals surface area contributed by atoms with Crippen LogP contribution in [0.1, 0.15) is 296 Å². The van der Waals surface area contributed by atoms with Crippen LogP contribution >= 0.6 is 0 Å². The van der Waals surface area contributed by atoms with Crippen molar-refractivity contribution < 1.29 is 24.5 Å². The van der Waals surface area contributed by atoms with Gasteiger partial charge in [0.15, 0.2) is 0 Å². The van der Waals surface area contributed by atoms with Gasteiger partial charge in [-0.3, -0.25) is 9.59 Å². The van der Waals surface area contributed by atoms with E-state index >= 15 is 0 Å². The molecule has 0 aliphatic rings. The van der Waals surface area contributed by atoms with Gasteiger partial charge in [-0.05, 0) is 83.5 Å². The monoisotopic (exact) mass is 900 g/mol. The zero-order valence-electron chi connectivity index (χ0n) is 42.8. The smallest absolute Gasteiger partial charge is 0.305 e. The van der Waals surface area contributed by atoms with Crippen molar-refractivity contribution in [1.29, 1.82) is 0 Å². The lowest BCUT2D eigenvalue weighted by Gasteiger charge is -2.22. The Morgan fingerprint density at radius 3 is 1.23 bits per heavy atom. The van der Waals surface area contributed by atoms with Crippen molar-refractivity contribution in [3.8, 4) is 0 Å². The molecule has 0 saturated heterocycles. The molecule has 376 valence electrons. The second kappa shape index (κ2) is 53.7. The Labute approximate surface area is 398 Å². The van der Waals surface area contributed by atoms with Gasteiger partial charge in [0, 0.05) is 12.8 Å². The van der Waals surface area contributed by atoms with E-state index in [0.717, 1.165) is 83.5 Å². The van der Waals surface area contributed by atoms with Gasteiger partial charge in [0.25, 0.3) is 0 Å². The van der Waals surface area contributed by atoms with E-state index in [1.807, 2.05) is 0 Å². The van der Waals surface area contributed by atoms with Crippen molar-refractivity contribution in [3.63, 3.8) is 0 Å². The van der Waals surface area contributed by atoms with Gasteiger partial charge in [-0.1, -0.05) is 237 Å². The standard InChI is InChI=1S/C58H109NO5/c1-3-5-7-9-11-13-15-17-19-21-22-23-26-30-34-38-42-46-50-56(61)55(54-60)59-57(62)51-47-43-39-35-31-27-25-29-33-37-41-45-49-53-64-58(63)52-48-44-40-36-32-28-24-20-18-16-14-12-10-8-6-4-2/h14,16,20,24,27,31,55-56,60-61H,3-13,15,17-19,21-23,25-26,28-30,32-54H2,1-2H3,(H,59,62)/b16-14-,24-20-,31-27-. The zero-order chi connectivity index (χ0) is 46.5. The highest BCUT2D eigenvalue weighted by Crippen LogP contribution is 2.16. The summed E-state index contributed by atoms with van der Waals surface area (Å²) in [7, 11) is 0. The maximum atomic E-state index is 12.5. The molecule has 0 saturated carbocycles. The van der Waals surface area contributed by atoms with Crippen molar-refractivity contribution in [2.75, 3.05) is 13.2 Å². The number of carbonyl (C=O) groups is 2. The molecule has 0 aromatic carbocycles. The largest absolute Gasteiger partial charge is 0.466 e. The summed E-state index contributed by atoms with van der Waals surface area (Å²) >= 11 is 0. The number of carbonyl (C=O) groups excluding carboxylic acids is 2. The first-order valence-corrected chi connectivity index (χ1v) is 28.2. The lowest BCUT2D eigenvalue weighted by Crippen LogP contribution is -2.45. The Bertz CT molecular complexity index is 1040. The first-order chi connectivity index (χ1) is 31.5. The Hall–Kier alpha value is -1.92. The lowest BCUT2D eigenvalue weighted by atomic mass is 10.0. The summed E-state index contributed by atoms with van der Waals surface area (Å²) in [5.41, 5.74) is 0. The second-order valence-corrected chi connectivity index (χ2v) is 19.3. The number of hydrogen-bond acceptors (Lipinski definition) is 5. The van der Waals surface area contributed by atoms with E-state index in [4.69, 9.17) is 4.74 Å². The van der Waals surface area contributed by atoms with Crippen LogP contribution in [0.15, 0.2) is 36.5 Å². The van der Waals surface area contributed by atoms with Crippen LogP contribution in [0, 0.1) is 0 Å². The van der Waals surface area contributed by atoms with Crippen molar-refractivity contribution >= 4 is 11.9 Å². The molecule has 2 atom stereocenters. The normalized spacial score (nSPS) is 12.9. The Balaban J connectivity index is 3.51. The third-order valence-corrected chi connectivity index (χ3v) is 12.9. The molecule has 6 nitrogen and oxygen atoms in total. The molecule has 0 spiro atoms. The number of ether oxygens (including phenoxy) is 1. The average Bonchev–Trinajstić information content (AvgIpc) is 3.29. The van der Waals surface area contributed by atoms with Gasteiger partial charge < -0.3 is 20.3 Å². The fraction of sp³-hybridized carbons (Fsp3) is 0.862. The van der Waals surface area contributed by atoms with E-state index < -0.39 is 12.1 Å². The predicted octanol–water partition coefficient (Wildman–Crippen LogP) is 17.2. The molecule has 1 amide bonds. The highest BCUT2D eigenvalue weighted by Gasteiger charge is 2.20. The van der Waals surface area contributed by atoms with E-state index in [2.05, 4.69) is 55.6 Å². The lowest BCUT2D eigenvalue weighted by molar-refractivity contribution is -0.143. The van der Waals surface area contributed by atoms with Gasteiger partial charge in [0.05, 0.1) is 25.4 Å². The summed E-state index contributed by atoms with van der Waals surface area (Å²) in [6.07, 6.45) is 65.5. The number of allylic oxidation sites excluding steroid dienone is 6. The molecule has 3 N–H and O–H groups in total. The van der Waals surface area contributed by atoms with Gasteiger partial charge >= 0.3 is 5.97 Å². The van der Waals surface area contributed by atoms with Crippen LogP contribution in [0.3, 0.4) is 0 Å². The maximum absolute atomic E-state index is 12.5. The first kappa shape index (κ1) is 62.1. The molecule has 64 heavy (non-hydrogen) atoms. The molecule has 0 rings (SSSR count). The van der Waals surface area contributed by atoms with E-state index in [0.29, 0.717) is 25.9 Å². The summed E-state index contributed by atoms with van der Waals surface area (Å²) in [6, 6.07) is -0.563. The van der Waals surface area contributed by atoms with Crippen LogP contribution in [-0.4, -0.2) is 47.4 Å². The van der Waals surface area contributed by atoms with Crippen LogP contribution in [0.2, 0.25) is 0 Å². The molecule has 0 fully saturated rings. The van der Waals surface area contributed by atoms with E-state index in [1.54, 1.807) is 0 Å². The van der Waals surface area contributed by atoms with Crippen LogP contribution in [0.5, 0.6) is 0 Å². The second-order valence-electron chi connectivity index (χ2n) is 19.3. The summed E-state index contributed by atoms with van der Waals surface area (Å²) in [4.78, 5) is 24.5. The molecule has 0 aliphatic carbocycles. The van der Waals surface area contributed by atoms with E-state index in [-0.39, 0.29) is 18.5 Å². The van der Waals surface area contributed by atoms with Gasteiger partial charge in [-0.25, -0.2) is 0 Å². The molecule has 0 aromatic heterocycles. The Morgan fingerprint density at radius 1 is 0.438 bits per heavy atom. The van der Waals surface area contributed by atoms with Crippen LogP contribution in [0.25, 0.3) is 0 Å². The van der Waals surface area contributed by atoms with E-state index in [9.17, 15) is 19.8 Å². The minimum Gasteiger partial charge on any atom is -0.466 e. The number of rotatable bonds is 52. The number of nitrogens with one attached hydrogen (secondary N) is 1. The quantitative estimate of drug-likeness (QED) is 0.0321. The summed E-state index contributed by atoms with van der Waals surface area (Å²) in [6.45, 7) is 4.89. The minimum absolute atomic E-state index is 0.0259. The van der Waals surface area contributed by atoms with Crippen molar-refractivity contribution in [1.82, 2.24) is 5.32 Å². The molecule has 0 aliphatic heterocycles. The van der Waals surface area contributed by atoms with E-state index in [1.165, 1.54) is 180 Å². The van der Waals surface area contributed by atoms with Crippen molar-refractivity contribution in [2.24, 2.45) is 0 Å². The summed E-state index contributed by atoms with van der Waals surface area (Å²) in [5, 5.41) is 23.3. The maximum Gasteiger partial charge on any atom is 0.305 e. The molecule has 2 unspecified atom stereocenters. The fourth-order valence-electron chi connectivity index (χ4n) is 8.55. The molecule has 6 heteroatoms. The predicted molar refractivity (Wildman–Crippen MR) is 278 cm³/mol. The highest BCUT2D eigenvalue weighted by atomic mass is 16.5. The van der Waals surface area contributed by atoms with Crippen molar-refractivity contribution in [2.45, 2.75) is 309 Å². The molecule has 0 radical (unpaired) electrons. The fourth-order valence-corrected chi connectivity index (χ4v) is 8.55. The molecule has 0 bridgehead atoms. The zero-order valence-corrected chi connectivity index (χ0v) is 42.8. The molecule has 0 aromatic rings. The third kappa shape index (κ3) is 49.5.